The van der Waals surface area contributed by atoms with E-state index in [0.29, 0.717) is 18.9 Å². The first-order valence-electron chi connectivity index (χ1n) is 5.85. The van der Waals surface area contributed by atoms with Gasteiger partial charge in [0.05, 0.1) is 12.2 Å². The zero-order valence-corrected chi connectivity index (χ0v) is 11.1. The number of nitrogens with zero attached hydrogens (tertiary/aromatic N) is 4. The first kappa shape index (κ1) is 14.5. The van der Waals surface area contributed by atoms with Crippen molar-refractivity contribution in [2.45, 2.75) is 13.5 Å². The average Bonchev–Trinajstić information content (AvgIpc) is 2.25. The summed E-state index contributed by atoms with van der Waals surface area (Å²) in [6, 6.07) is 1.82. The zero-order valence-electron chi connectivity index (χ0n) is 11.1. The summed E-state index contributed by atoms with van der Waals surface area (Å²) >= 11 is 0. The van der Waals surface area contributed by atoms with Crippen LogP contribution in [-0.2, 0) is 11.3 Å². The predicted molar refractivity (Wildman–Crippen MR) is 68.2 cm³/mol. The van der Waals surface area contributed by atoms with Gasteiger partial charge in [-0.25, -0.2) is 9.97 Å². The Kier molecular flexibility index (Phi) is 5.67. The van der Waals surface area contributed by atoms with E-state index in [9.17, 15) is 4.79 Å². The van der Waals surface area contributed by atoms with E-state index in [0.717, 1.165) is 12.2 Å². The summed E-state index contributed by atoms with van der Waals surface area (Å²) in [6.07, 6.45) is 1.70. The van der Waals surface area contributed by atoms with Crippen molar-refractivity contribution in [3.63, 3.8) is 0 Å². The first-order valence-corrected chi connectivity index (χ1v) is 5.85. The van der Waals surface area contributed by atoms with Crippen LogP contribution < -0.4 is 0 Å². The molecule has 0 atom stereocenters. The van der Waals surface area contributed by atoms with Gasteiger partial charge in [-0.1, -0.05) is 0 Å². The number of aryl methyl sites for hydroxylation is 1. The summed E-state index contributed by atoms with van der Waals surface area (Å²) in [6.45, 7) is 3.89. The third-order valence-electron chi connectivity index (χ3n) is 2.44. The minimum atomic E-state index is -0.820. The van der Waals surface area contributed by atoms with E-state index in [1.54, 1.807) is 6.20 Å². The Morgan fingerprint density at radius 1 is 1.39 bits per heavy atom. The standard InChI is InChI=1S/C12H20N4O2/c1-10-13-5-4-11(14-10)8-16(9-12(17)18)7-6-15(2)3/h4-5H,6-9H2,1-3H3,(H,17,18). The molecule has 6 heteroatoms. The molecule has 1 heterocycles. The molecule has 1 aromatic heterocycles. The number of aliphatic carboxylic acids is 1. The molecule has 0 unspecified atom stereocenters. The van der Waals surface area contributed by atoms with E-state index < -0.39 is 5.97 Å². The highest BCUT2D eigenvalue weighted by molar-refractivity contribution is 5.69. The summed E-state index contributed by atoms with van der Waals surface area (Å²) in [4.78, 5) is 23.0. The van der Waals surface area contributed by atoms with Crippen LogP contribution in [0.25, 0.3) is 0 Å². The van der Waals surface area contributed by atoms with Crippen molar-refractivity contribution in [1.29, 1.82) is 0 Å². The second kappa shape index (κ2) is 7.03. The van der Waals surface area contributed by atoms with E-state index in [1.165, 1.54) is 0 Å². The lowest BCUT2D eigenvalue weighted by atomic mass is 10.3. The van der Waals surface area contributed by atoms with E-state index in [2.05, 4.69) is 9.97 Å². The van der Waals surface area contributed by atoms with Gasteiger partial charge in [0.15, 0.2) is 0 Å². The summed E-state index contributed by atoms with van der Waals surface area (Å²) < 4.78 is 0. The van der Waals surface area contributed by atoms with Crippen LogP contribution in [0, 0.1) is 6.92 Å². The molecule has 0 aliphatic heterocycles. The molecule has 100 valence electrons. The molecule has 0 aliphatic carbocycles. The third-order valence-corrected chi connectivity index (χ3v) is 2.44. The van der Waals surface area contributed by atoms with Crippen LogP contribution >= 0.6 is 0 Å². The molecule has 1 aromatic rings. The fourth-order valence-electron chi connectivity index (χ4n) is 1.57. The molecule has 0 spiro atoms. The van der Waals surface area contributed by atoms with Crippen LogP contribution in [0.2, 0.25) is 0 Å². The summed E-state index contributed by atoms with van der Waals surface area (Å²) in [7, 11) is 3.93. The van der Waals surface area contributed by atoms with Gasteiger partial charge >= 0.3 is 5.97 Å². The molecule has 1 N–H and O–H groups in total. The van der Waals surface area contributed by atoms with E-state index in [4.69, 9.17) is 5.11 Å². The highest BCUT2D eigenvalue weighted by atomic mass is 16.4. The quantitative estimate of drug-likeness (QED) is 0.749. The van der Waals surface area contributed by atoms with Crippen LogP contribution in [0.3, 0.4) is 0 Å². The van der Waals surface area contributed by atoms with Crippen molar-refractivity contribution in [2.24, 2.45) is 0 Å². The van der Waals surface area contributed by atoms with Crippen molar-refractivity contribution >= 4 is 5.97 Å². The highest BCUT2D eigenvalue weighted by Gasteiger charge is 2.11. The van der Waals surface area contributed by atoms with Crippen LogP contribution in [-0.4, -0.2) is 64.6 Å². The number of hydrogen-bond donors (Lipinski definition) is 1. The summed E-state index contributed by atoms with van der Waals surface area (Å²) in [5.41, 5.74) is 0.850. The third kappa shape index (κ3) is 5.70. The van der Waals surface area contributed by atoms with Crippen LogP contribution in [0.4, 0.5) is 0 Å². The normalized spacial score (nSPS) is 11.2. The minimum Gasteiger partial charge on any atom is -0.480 e. The second-order valence-electron chi connectivity index (χ2n) is 4.50. The van der Waals surface area contributed by atoms with Crippen LogP contribution in [0.1, 0.15) is 11.5 Å². The fourth-order valence-corrected chi connectivity index (χ4v) is 1.57. The van der Waals surface area contributed by atoms with Crippen molar-refractivity contribution in [3.05, 3.63) is 23.8 Å². The van der Waals surface area contributed by atoms with E-state index >= 15 is 0 Å². The molecule has 0 radical (unpaired) electrons. The van der Waals surface area contributed by atoms with Crippen LogP contribution in [0.5, 0.6) is 0 Å². The molecular weight excluding hydrogens is 232 g/mol. The molecular formula is C12H20N4O2. The maximum atomic E-state index is 10.8. The number of carboxylic acid groups (broad SMARTS) is 1. The lowest BCUT2D eigenvalue weighted by Gasteiger charge is -2.21. The molecule has 0 saturated heterocycles. The van der Waals surface area contributed by atoms with Crippen molar-refractivity contribution in [2.75, 3.05) is 33.7 Å². The molecule has 18 heavy (non-hydrogen) atoms. The molecule has 0 fully saturated rings. The first-order chi connectivity index (χ1) is 8.47. The predicted octanol–water partition coefficient (Wildman–Crippen LogP) is 0.233. The number of carbonyl (C=O) groups is 1. The lowest BCUT2D eigenvalue weighted by Crippen LogP contribution is -2.35. The Morgan fingerprint density at radius 3 is 2.67 bits per heavy atom. The maximum Gasteiger partial charge on any atom is 0.317 e. The maximum absolute atomic E-state index is 10.8. The Hall–Kier alpha value is -1.53. The number of hydrogen-bond acceptors (Lipinski definition) is 5. The lowest BCUT2D eigenvalue weighted by molar-refractivity contribution is -0.138. The molecule has 0 saturated carbocycles. The van der Waals surface area contributed by atoms with Gasteiger partial charge in [-0.3, -0.25) is 9.69 Å². The minimum absolute atomic E-state index is 0.0247. The van der Waals surface area contributed by atoms with Gasteiger partial charge < -0.3 is 10.0 Å². The fraction of sp³-hybridized carbons (Fsp3) is 0.583. The largest absolute Gasteiger partial charge is 0.480 e. The van der Waals surface area contributed by atoms with Gasteiger partial charge in [-0.15, -0.1) is 0 Å². The molecule has 0 bridgehead atoms. The summed E-state index contributed by atoms with van der Waals surface area (Å²) in [5.74, 6) is -0.116. The molecule has 0 aromatic carbocycles. The smallest absolute Gasteiger partial charge is 0.317 e. The average molecular weight is 252 g/mol. The Bertz CT molecular complexity index is 395. The number of likely N-dealkylation sites (N-methyl/N-ethyl adjacent to an activating group) is 1. The Morgan fingerprint density at radius 2 is 2.11 bits per heavy atom. The zero-order chi connectivity index (χ0) is 13.5. The monoisotopic (exact) mass is 252 g/mol. The van der Waals surface area contributed by atoms with Crippen molar-refractivity contribution < 1.29 is 9.90 Å². The van der Waals surface area contributed by atoms with Gasteiger partial charge in [0.2, 0.25) is 0 Å². The van der Waals surface area contributed by atoms with Crippen molar-refractivity contribution in [1.82, 2.24) is 19.8 Å². The topological polar surface area (TPSA) is 69.6 Å². The second-order valence-corrected chi connectivity index (χ2v) is 4.50. The Labute approximate surface area is 107 Å². The number of carboxylic acids is 1. The molecule has 0 aliphatic rings. The van der Waals surface area contributed by atoms with Gasteiger partial charge in [0.1, 0.15) is 5.82 Å². The van der Waals surface area contributed by atoms with Gasteiger partial charge in [0, 0.05) is 25.8 Å². The molecule has 6 nitrogen and oxygen atoms in total. The SMILES string of the molecule is Cc1nccc(CN(CCN(C)C)CC(=O)O)n1. The van der Waals surface area contributed by atoms with Crippen LogP contribution in [0.15, 0.2) is 12.3 Å². The van der Waals surface area contributed by atoms with E-state index in [-0.39, 0.29) is 6.54 Å². The van der Waals surface area contributed by atoms with Gasteiger partial charge in [-0.2, -0.15) is 0 Å². The Balaban J connectivity index is 2.62. The van der Waals surface area contributed by atoms with Crippen molar-refractivity contribution in [3.8, 4) is 0 Å². The number of rotatable bonds is 7. The molecule has 0 amide bonds. The van der Waals surface area contributed by atoms with Gasteiger partial charge in [0.25, 0.3) is 0 Å². The summed E-state index contributed by atoms with van der Waals surface area (Å²) in [5, 5.41) is 8.89. The van der Waals surface area contributed by atoms with E-state index in [1.807, 2.05) is 36.9 Å². The highest BCUT2D eigenvalue weighted by Crippen LogP contribution is 2.01. The van der Waals surface area contributed by atoms with Gasteiger partial charge in [-0.05, 0) is 27.1 Å². The number of aromatic nitrogens is 2. The molecule has 1 rings (SSSR count).